The molecule has 12 heavy (non-hydrogen) atoms. The highest BCUT2D eigenvalue weighted by molar-refractivity contribution is 5.31. The lowest BCUT2D eigenvalue weighted by Crippen LogP contribution is -2.09. The van der Waals surface area contributed by atoms with Gasteiger partial charge in [-0.25, -0.2) is 4.39 Å². The van der Waals surface area contributed by atoms with E-state index in [1.807, 2.05) is 0 Å². The Kier molecular flexibility index (Phi) is 2.47. The monoisotopic (exact) mass is 163 g/mol. The number of hydrogen-bond donors (Lipinski definition) is 1. The normalized spacial score (nSPS) is 12.2. The quantitative estimate of drug-likeness (QED) is 0.627. The van der Waals surface area contributed by atoms with Crippen molar-refractivity contribution >= 4 is 0 Å². The average molecular weight is 163 g/mol. The molecule has 2 N–H and O–H groups in total. The second-order valence-corrected chi connectivity index (χ2v) is 2.62. The molecular weight excluding hydrogens is 153 g/mol. The van der Waals surface area contributed by atoms with Gasteiger partial charge in [0.2, 0.25) is 0 Å². The summed E-state index contributed by atoms with van der Waals surface area (Å²) in [5, 5.41) is 0. The van der Waals surface area contributed by atoms with Gasteiger partial charge in [0.15, 0.2) is 0 Å². The third-order valence-electron chi connectivity index (χ3n) is 1.74. The van der Waals surface area contributed by atoms with Gasteiger partial charge in [-0.15, -0.1) is 6.42 Å². The molecule has 0 amide bonds. The first-order chi connectivity index (χ1) is 5.66. The van der Waals surface area contributed by atoms with Crippen LogP contribution in [0.4, 0.5) is 4.39 Å². The number of nitrogens with two attached hydrogens (primary N) is 1. The van der Waals surface area contributed by atoms with Crippen LogP contribution in [0.15, 0.2) is 18.2 Å². The lowest BCUT2D eigenvalue weighted by atomic mass is 10.0. The predicted molar refractivity (Wildman–Crippen MR) is 46.9 cm³/mol. The van der Waals surface area contributed by atoms with Crippen LogP contribution in [0.3, 0.4) is 0 Å². The molecule has 1 rings (SSSR count). The Balaban J connectivity index is 3.18. The van der Waals surface area contributed by atoms with Crippen molar-refractivity contribution in [2.24, 2.45) is 5.73 Å². The summed E-state index contributed by atoms with van der Waals surface area (Å²) in [5.74, 6) is 1.98. The zero-order chi connectivity index (χ0) is 9.14. The maximum atomic E-state index is 13.3. The summed E-state index contributed by atoms with van der Waals surface area (Å²) in [6.45, 7) is 1.68. The Bertz CT molecular complexity index is 325. The lowest BCUT2D eigenvalue weighted by molar-refractivity contribution is 0.595. The highest BCUT2D eigenvalue weighted by Gasteiger charge is 2.09. The van der Waals surface area contributed by atoms with E-state index in [9.17, 15) is 4.39 Å². The van der Waals surface area contributed by atoms with Crippen LogP contribution < -0.4 is 5.73 Å². The molecule has 0 aliphatic heterocycles. The van der Waals surface area contributed by atoms with Crippen LogP contribution in [-0.2, 0) is 0 Å². The van der Waals surface area contributed by atoms with E-state index >= 15 is 0 Å². The Morgan fingerprint density at radius 2 is 2.25 bits per heavy atom. The molecule has 1 nitrogen and oxygen atoms in total. The van der Waals surface area contributed by atoms with Gasteiger partial charge in [0, 0.05) is 5.56 Å². The average Bonchev–Trinajstić information content (AvgIpc) is 2.08. The molecule has 1 atom stereocenters. The van der Waals surface area contributed by atoms with E-state index in [2.05, 4.69) is 5.92 Å². The fraction of sp³-hybridized carbons (Fsp3) is 0.200. The second kappa shape index (κ2) is 3.38. The molecule has 62 valence electrons. The molecule has 0 saturated carbocycles. The van der Waals surface area contributed by atoms with Crippen LogP contribution in [0.1, 0.15) is 17.2 Å². The highest BCUT2D eigenvalue weighted by atomic mass is 19.1. The van der Waals surface area contributed by atoms with E-state index in [-0.39, 0.29) is 5.82 Å². The summed E-state index contributed by atoms with van der Waals surface area (Å²) in [5.41, 5.74) is 6.44. The molecule has 0 fully saturated rings. The van der Waals surface area contributed by atoms with Crippen LogP contribution in [0, 0.1) is 25.1 Å². The Morgan fingerprint density at radius 1 is 1.58 bits per heavy atom. The van der Waals surface area contributed by atoms with Gasteiger partial charge in [0.25, 0.3) is 0 Å². The molecule has 1 aromatic carbocycles. The number of terminal acetylenes is 1. The third-order valence-corrected chi connectivity index (χ3v) is 1.74. The number of benzene rings is 1. The van der Waals surface area contributed by atoms with Crippen LogP contribution in [0.2, 0.25) is 0 Å². The van der Waals surface area contributed by atoms with Gasteiger partial charge >= 0.3 is 0 Å². The van der Waals surface area contributed by atoms with Crippen molar-refractivity contribution in [2.75, 3.05) is 0 Å². The van der Waals surface area contributed by atoms with Crippen LogP contribution in [-0.4, -0.2) is 0 Å². The Labute approximate surface area is 71.4 Å². The summed E-state index contributed by atoms with van der Waals surface area (Å²) >= 11 is 0. The molecule has 2 heteroatoms. The minimum absolute atomic E-state index is 0.303. The van der Waals surface area contributed by atoms with Gasteiger partial charge in [-0.2, -0.15) is 0 Å². The van der Waals surface area contributed by atoms with Crippen molar-refractivity contribution in [3.63, 3.8) is 0 Å². The van der Waals surface area contributed by atoms with Gasteiger partial charge in [-0.3, -0.25) is 0 Å². The molecule has 0 spiro atoms. The van der Waals surface area contributed by atoms with Crippen molar-refractivity contribution in [3.8, 4) is 12.3 Å². The van der Waals surface area contributed by atoms with Crippen molar-refractivity contribution in [3.05, 3.63) is 35.1 Å². The van der Waals surface area contributed by atoms with Crippen molar-refractivity contribution in [1.29, 1.82) is 0 Å². The lowest BCUT2D eigenvalue weighted by Gasteiger charge is -2.07. The summed E-state index contributed by atoms with van der Waals surface area (Å²) in [7, 11) is 0. The second-order valence-electron chi connectivity index (χ2n) is 2.62. The summed E-state index contributed by atoms with van der Waals surface area (Å²) in [6, 6.07) is 4.38. The highest BCUT2D eigenvalue weighted by Crippen LogP contribution is 2.16. The smallest absolute Gasteiger partial charge is 0.131 e. The predicted octanol–water partition coefficient (Wildman–Crippen LogP) is 1.77. The van der Waals surface area contributed by atoms with E-state index in [4.69, 9.17) is 12.2 Å². The number of aryl methyl sites for hydroxylation is 1. The SMILES string of the molecule is C#CC(N)c1cccc(C)c1F. The molecule has 1 unspecified atom stereocenters. The van der Waals surface area contributed by atoms with E-state index < -0.39 is 6.04 Å². The standard InChI is InChI=1S/C10H10FN/c1-3-9(12)8-6-4-5-7(2)10(8)11/h1,4-6,9H,12H2,2H3. The number of halogens is 1. The molecule has 0 bridgehead atoms. The van der Waals surface area contributed by atoms with E-state index in [0.29, 0.717) is 11.1 Å². The zero-order valence-corrected chi connectivity index (χ0v) is 6.84. The summed E-state index contributed by atoms with van der Waals surface area (Å²) < 4.78 is 13.3. The summed E-state index contributed by atoms with van der Waals surface area (Å²) in [4.78, 5) is 0. The van der Waals surface area contributed by atoms with Gasteiger partial charge in [-0.05, 0) is 12.5 Å². The molecule has 0 radical (unpaired) electrons. The minimum Gasteiger partial charge on any atom is -0.314 e. The number of hydrogen-bond acceptors (Lipinski definition) is 1. The fourth-order valence-electron chi connectivity index (χ4n) is 1.00. The zero-order valence-electron chi connectivity index (χ0n) is 6.84. The molecule has 0 aliphatic rings. The molecule has 0 heterocycles. The minimum atomic E-state index is -0.648. The first-order valence-corrected chi connectivity index (χ1v) is 3.63. The van der Waals surface area contributed by atoms with E-state index in [1.54, 1.807) is 25.1 Å². The molecule has 0 saturated heterocycles. The molecule has 0 aliphatic carbocycles. The van der Waals surface area contributed by atoms with Crippen LogP contribution in [0.5, 0.6) is 0 Å². The van der Waals surface area contributed by atoms with Gasteiger partial charge < -0.3 is 5.73 Å². The van der Waals surface area contributed by atoms with Crippen molar-refractivity contribution in [2.45, 2.75) is 13.0 Å². The third kappa shape index (κ3) is 1.46. The van der Waals surface area contributed by atoms with Gasteiger partial charge in [-0.1, -0.05) is 24.1 Å². The maximum absolute atomic E-state index is 13.3. The van der Waals surface area contributed by atoms with Crippen molar-refractivity contribution in [1.82, 2.24) is 0 Å². The van der Waals surface area contributed by atoms with E-state index in [1.165, 1.54) is 0 Å². The Morgan fingerprint density at radius 3 is 2.83 bits per heavy atom. The first kappa shape index (κ1) is 8.76. The molecule has 1 aromatic rings. The largest absolute Gasteiger partial charge is 0.314 e. The maximum Gasteiger partial charge on any atom is 0.131 e. The Hall–Kier alpha value is -1.33. The topological polar surface area (TPSA) is 26.0 Å². The number of rotatable bonds is 1. The molecular formula is C10H10FN. The van der Waals surface area contributed by atoms with Crippen LogP contribution in [0.25, 0.3) is 0 Å². The van der Waals surface area contributed by atoms with Gasteiger partial charge in [0.1, 0.15) is 5.82 Å². The first-order valence-electron chi connectivity index (χ1n) is 3.63. The van der Waals surface area contributed by atoms with Gasteiger partial charge in [0.05, 0.1) is 6.04 Å². The van der Waals surface area contributed by atoms with Crippen LogP contribution >= 0.6 is 0 Å². The molecule has 0 aromatic heterocycles. The van der Waals surface area contributed by atoms with E-state index in [0.717, 1.165) is 0 Å². The van der Waals surface area contributed by atoms with Crippen molar-refractivity contribution < 1.29 is 4.39 Å². The summed E-state index contributed by atoms with van der Waals surface area (Å²) in [6.07, 6.45) is 5.08. The fourth-order valence-corrected chi connectivity index (χ4v) is 1.00.